The zero-order chi connectivity index (χ0) is 25.9. The number of hydrogen-bond acceptors (Lipinski definition) is 6. The Morgan fingerprint density at radius 3 is 2.61 bits per heavy atom. The third kappa shape index (κ3) is 5.72. The lowest BCUT2D eigenvalue weighted by Gasteiger charge is -2.13. The molecule has 8 nitrogen and oxygen atoms in total. The van der Waals surface area contributed by atoms with Gasteiger partial charge in [-0.1, -0.05) is 12.1 Å². The van der Waals surface area contributed by atoms with E-state index in [1.807, 2.05) is 6.07 Å². The molecule has 4 aromatic rings. The van der Waals surface area contributed by atoms with Gasteiger partial charge in [-0.15, -0.1) is 0 Å². The third-order valence-corrected chi connectivity index (χ3v) is 5.17. The van der Waals surface area contributed by atoms with Gasteiger partial charge in [0, 0.05) is 30.6 Å². The van der Waals surface area contributed by atoms with Gasteiger partial charge in [-0.25, -0.2) is 4.79 Å². The van der Waals surface area contributed by atoms with Gasteiger partial charge in [0.15, 0.2) is 0 Å². The van der Waals surface area contributed by atoms with E-state index < -0.39 is 17.4 Å². The van der Waals surface area contributed by atoms with Crippen LogP contribution in [0.25, 0.3) is 0 Å². The van der Waals surface area contributed by atoms with Gasteiger partial charge >= 0.3 is 11.9 Å². The maximum atomic E-state index is 13.0. The first-order valence-corrected chi connectivity index (χ1v) is 10.7. The van der Waals surface area contributed by atoms with Crippen molar-refractivity contribution in [3.63, 3.8) is 0 Å². The van der Waals surface area contributed by atoms with E-state index in [-0.39, 0.29) is 29.5 Å². The zero-order valence-electron chi connectivity index (χ0n) is 19.3. The normalized spacial score (nSPS) is 11.2. The first-order chi connectivity index (χ1) is 17.1. The molecule has 184 valence electrons. The summed E-state index contributed by atoms with van der Waals surface area (Å²) in [6.07, 6.45) is 0.604. The quantitative estimate of drug-likeness (QED) is 0.372. The molecule has 0 aliphatic rings. The number of rotatable bonds is 7. The van der Waals surface area contributed by atoms with E-state index in [1.54, 1.807) is 43.3 Å². The van der Waals surface area contributed by atoms with Gasteiger partial charge in [-0.05, 0) is 42.8 Å². The molecule has 2 aromatic heterocycles. The number of benzene rings is 2. The number of hydrogen-bond donors (Lipinski definition) is 0. The van der Waals surface area contributed by atoms with E-state index in [0.29, 0.717) is 17.7 Å². The number of ether oxygens (including phenoxy) is 2. The lowest BCUT2D eigenvalue weighted by atomic mass is 10.1. The SMILES string of the molecule is Cc1cn(Cc2cnn(C)c2)c(=O)nc1OCc1ccc(Oc2cccc(C(F)(F)F)c2)c(C#N)c1. The predicted octanol–water partition coefficient (Wildman–Crippen LogP) is 4.60. The number of halogens is 3. The van der Waals surface area contributed by atoms with Crippen LogP contribution in [0.1, 0.15) is 27.8 Å². The number of aromatic nitrogens is 4. The number of aryl methyl sites for hydroxylation is 2. The van der Waals surface area contributed by atoms with Crippen LogP contribution in [0.5, 0.6) is 17.4 Å². The molecule has 0 atom stereocenters. The summed E-state index contributed by atoms with van der Waals surface area (Å²) in [5.41, 5.74) is 0.860. The number of alkyl halides is 3. The Kier molecular flexibility index (Phi) is 6.78. The molecule has 0 fully saturated rings. The molecular weight excluding hydrogens is 475 g/mol. The molecule has 0 saturated heterocycles. The largest absolute Gasteiger partial charge is 0.472 e. The van der Waals surface area contributed by atoms with Crippen molar-refractivity contribution >= 4 is 0 Å². The van der Waals surface area contributed by atoms with Crippen molar-refractivity contribution in [3.05, 3.63) is 99.4 Å². The van der Waals surface area contributed by atoms with Crippen molar-refractivity contribution in [2.45, 2.75) is 26.3 Å². The van der Waals surface area contributed by atoms with Crippen molar-refractivity contribution in [3.8, 4) is 23.4 Å². The monoisotopic (exact) mass is 495 g/mol. The van der Waals surface area contributed by atoms with E-state index in [4.69, 9.17) is 9.47 Å². The van der Waals surface area contributed by atoms with Gasteiger partial charge in [0.2, 0.25) is 5.88 Å². The first kappa shape index (κ1) is 24.5. The molecule has 0 unspecified atom stereocenters. The van der Waals surface area contributed by atoms with Crippen LogP contribution in [0.2, 0.25) is 0 Å². The lowest BCUT2D eigenvalue weighted by molar-refractivity contribution is -0.137. The fourth-order valence-corrected chi connectivity index (χ4v) is 3.45. The summed E-state index contributed by atoms with van der Waals surface area (Å²) in [4.78, 5) is 16.4. The van der Waals surface area contributed by atoms with Crippen LogP contribution in [0.15, 0.2) is 65.8 Å². The molecule has 0 aliphatic heterocycles. The van der Waals surface area contributed by atoms with Gasteiger partial charge in [0.05, 0.1) is 23.9 Å². The Morgan fingerprint density at radius 2 is 1.92 bits per heavy atom. The molecule has 0 N–H and O–H groups in total. The van der Waals surface area contributed by atoms with Crippen molar-refractivity contribution < 1.29 is 22.6 Å². The Balaban J connectivity index is 1.47. The molecule has 0 aliphatic carbocycles. The zero-order valence-corrected chi connectivity index (χ0v) is 19.3. The Hall–Kier alpha value is -4.59. The molecule has 0 bridgehead atoms. The number of nitriles is 1. The van der Waals surface area contributed by atoms with Crippen LogP contribution in [-0.2, 0) is 26.4 Å². The average molecular weight is 495 g/mol. The Labute approximate surface area is 203 Å². The Bertz CT molecular complexity index is 1500. The van der Waals surface area contributed by atoms with Crippen molar-refractivity contribution in [1.82, 2.24) is 19.3 Å². The van der Waals surface area contributed by atoms with E-state index >= 15 is 0 Å². The van der Waals surface area contributed by atoms with Crippen LogP contribution in [0.4, 0.5) is 13.2 Å². The molecule has 36 heavy (non-hydrogen) atoms. The fourth-order valence-electron chi connectivity index (χ4n) is 3.45. The van der Waals surface area contributed by atoms with Crippen molar-refractivity contribution in [2.75, 3.05) is 0 Å². The summed E-state index contributed by atoms with van der Waals surface area (Å²) >= 11 is 0. The fraction of sp³-hybridized carbons (Fsp3) is 0.200. The summed E-state index contributed by atoms with van der Waals surface area (Å²) in [5.74, 6) is 0.218. The topological polar surface area (TPSA) is 95.0 Å². The maximum absolute atomic E-state index is 13.0. The van der Waals surface area contributed by atoms with E-state index in [0.717, 1.165) is 17.7 Å². The molecule has 11 heteroatoms. The second kappa shape index (κ2) is 9.95. The van der Waals surface area contributed by atoms with Gasteiger partial charge in [0.1, 0.15) is 24.2 Å². The van der Waals surface area contributed by atoms with Crippen LogP contribution >= 0.6 is 0 Å². The van der Waals surface area contributed by atoms with E-state index in [1.165, 1.54) is 28.8 Å². The van der Waals surface area contributed by atoms with Crippen molar-refractivity contribution in [2.24, 2.45) is 7.05 Å². The molecule has 2 aromatic carbocycles. The summed E-state index contributed by atoms with van der Waals surface area (Å²) in [7, 11) is 1.79. The summed E-state index contributed by atoms with van der Waals surface area (Å²) in [5, 5.41) is 13.6. The number of nitrogens with zero attached hydrogens (tertiary/aromatic N) is 5. The van der Waals surface area contributed by atoms with Gasteiger partial charge in [-0.2, -0.15) is 28.5 Å². The van der Waals surface area contributed by atoms with E-state index in [2.05, 4.69) is 10.1 Å². The molecular formula is C25H20F3N5O3. The minimum Gasteiger partial charge on any atom is -0.472 e. The van der Waals surface area contributed by atoms with Crippen LogP contribution in [0.3, 0.4) is 0 Å². The molecule has 0 radical (unpaired) electrons. The van der Waals surface area contributed by atoms with Crippen molar-refractivity contribution in [1.29, 1.82) is 5.26 Å². The van der Waals surface area contributed by atoms with Crippen LogP contribution < -0.4 is 15.2 Å². The first-order valence-electron chi connectivity index (χ1n) is 10.7. The second-order valence-corrected chi connectivity index (χ2v) is 8.02. The molecule has 0 amide bonds. The Morgan fingerprint density at radius 1 is 1.11 bits per heavy atom. The minimum atomic E-state index is -4.51. The van der Waals surface area contributed by atoms with Crippen LogP contribution in [0, 0.1) is 18.3 Å². The third-order valence-electron chi connectivity index (χ3n) is 5.17. The predicted molar refractivity (Wildman–Crippen MR) is 123 cm³/mol. The van der Waals surface area contributed by atoms with E-state index in [9.17, 15) is 23.2 Å². The summed E-state index contributed by atoms with van der Waals surface area (Å²) < 4.78 is 53.2. The summed E-state index contributed by atoms with van der Waals surface area (Å²) in [6, 6.07) is 11.0. The maximum Gasteiger partial charge on any atom is 0.416 e. The second-order valence-electron chi connectivity index (χ2n) is 8.02. The standard InChI is InChI=1S/C25H20F3N5O3/c1-16-12-33(14-18-11-30-32(2)13-18)24(34)31-23(16)35-15-17-6-7-22(19(8-17)10-29)36-21-5-3-4-20(9-21)25(26,27)28/h3-9,11-13H,14-15H2,1-2H3. The summed E-state index contributed by atoms with van der Waals surface area (Å²) in [6.45, 7) is 2.09. The minimum absolute atomic E-state index is 0.0123. The highest BCUT2D eigenvalue weighted by molar-refractivity contribution is 5.48. The van der Waals surface area contributed by atoms with Crippen LogP contribution in [-0.4, -0.2) is 19.3 Å². The highest BCUT2D eigenvalue weighted by Gasteiger charge is 2.30. The molecule has 2 heterocycles. The average Bonchev–Trinajstić information content (AvgIpc) is 3.25. The highest BCUT2D eigenvalue weighted by atomic mass is 19.4. The van der Waals surface area contributed by atoms with Gasteiger partial charge in [-0.3, -0.25) is 9.25 Å². The molecule has 4 rings (SSSR count). The smallest absolute Gasteiger partial charge is 0.416 e. The highest BCUT2D eigenvalue weighted by Crippen LogP contribution is 2.33. The molecule has 0 saturated carbocycles. The lowest BCUT2D eigenvalue weighted by Crippen LogP contribution is -2.24. The van der Waals surface area contributed by atoms with Gasteiger partial charge < -0.3 is 9.47 Å². The molecule has 0 spiro atoms. The van der Waals surface area contributed by atoms with Gasteiger partial charge in [0.25, 0.3) is 0 Å².